The topological polar surface area (TPSA) is 54.3 Å². The summed E-state index contributed by atoms with van der Waals surface area (Å²) in [4.78, 5) is 12.4. The van der Waals surface area contributed by atoms with Gasteiger partial charge in [-0.15, -0.1) is 0 Å². The predicted molar refractivity (Wildman–Crippen MR) is 98.1 cm³/mol. The van der Waals surface area contributed by atoms with Crippen LogP contribution in [0.1, 0.15) is 41.8 Å². The Labute approximate surface area is 141 Å². The number of amides is 1. The average Bonchev–Trinajstić information content (AvgIpc) is 3.05. The Morgan fingerprint density at radius 1 is 1.29 bits per heavy atom. The maximum Gasteiger partial charge on any atom is 0.291 e. The normalized spacial score (nSPS) is 16.2. The lowest BCUT2D eigenvalue weighted by molar-refractivity contribution is 0.0996. The molecule has 4 heteroatoms. The monoisotopic (exact) mass is 320 g/mol. The van der Waals surface area contributed by atoms with Crippen LogP contribution >= 0.6 is 0 Å². The van der Waals surface area contributed by atoms with Crippen LogP contribution in [0.3, 0.4) is 0 Å². The standard InChI is InChI=1S/C20H20N2O2/c1-4-6-7-14(5-2)18-10-11-19(24-18)20(23)22-15-8-9-16-13(3)21-17(16)12-15/h4-13,21H,1H2,2-3H3,(H,22,23)/b7-6-,14-5+. The van der Waals surface area contributed by atoms with Crippen LogP contribution in [0.5, 0.6) is 0 Å². The van der Waals surface area contributed by atoms with Crippen molar-refractivity contribution in [3.8, 4) is 0 Å². The minimum Gasteiger partial charge on any atom is -0.451 e. The molecule has 1 aromatic heterocycles. The van der Waals surface area contributed by atoms with Crippen molar-refractivity contribution >= 4 is 22.9 Å². The number of rotatable bonds is 5. The van der Waals surface area contributed by atoms with Crippen LogP contribution in [0.15, 0.2) is 65.6 Å². The van der Waals surface area contributed by atoms with Gasteiger partial charge in [0.1, 0.15) is 5.76 Å². The van der Waals surface area contributed by atoms with Gasteiger partial charge in [0.2, 0.25) is 0 Å². The molecule has 2 heterocycles. The second-order valence-corrected chi connectivity index (χ2v) is 5.62. The second kappa shape index (κ2) is 6.62. The molecule has 1 aliphatic rings. The van der Waals surface area contributed by atoms with E-state index in [2.05, 4.69) is 24.1 Å². The van der Waals surface area contributed by atoms with E-state index in [1.54, 1.807) is 18.2 Å². The molecule has 0 bridgehead atoms. The Morgan fingerprint density at radius 3 is 2.75 bits per heavy atom. The van der Waals surface area contributed by atoms with Gasteiger partial charge in [-0.1, -0.05) is 36.9 Å². The van der Waals surface area contributed by atoms with Gasteiger partial charge in [0.15, 0.2) is 5.76 Å². The fourth-order valence-corrected chi connectivity index (χ4v) is 2.67. The first-order chi connectivity index (χ1) is 11.6. The van der Waals surface area contributed by atoms with Gasteiger partial charge in [-0.05, 0) is 43.7 Å². The van der Waals surface area contributed by atoms with E-state index < -0.39 is 0 Å². The number of hydrogen-bond donors (Lipinski definition) is 2. The molecule has 0 fully saturated rings. The van der Waals surface area contributed by atoms with Crippen LogP contribution in [0.4, 0.5) is 11.4 Å². The van der Waals surface area contributed by atoms with Crippen molar-refractivity contribution in [1.82, 2.24) is 0 Å². The summed E-state index contributed by atoms with van der Waals surface area (Å²) in [6.07, 6.45) is 7.33. The van der Waals surface area contributed by atoms with E-state index >= 15 is 0 Å². The summed E-state index contributed by atoms with van der Waals surface area (Å²) >= 11 is 0. The molecule has 0 saturated carbocycles. The number of furan rings is 1. The first kappa shape index (κ1) is 15.9. The highest BCUT2D eigenvalue weighted by molar-refractivity contribution is 6.03. The molecular formula is C20H20N2O2. The molecule has 3 rings (SSSR count). The van der Waals surface area contributed by atoms with E-state index in [0.29, 0.717) is 11.8 Å². The molecule has 0 radical (unpaired) electrons. The van der Waals surface area contributed by atoms with E-state index in [1.165, 1.54) is 5.56 Å². The molecule has 0 spiro atoms. The molecular weight excluding hydrogens is 300 g/mol. The lowest BCUT2D eigenvalue weighted by atomic mass is 9.97. The Bertz CT molecular complexity index is 843. The third kappa shape index (κ3) is 3.04. The van der Waals surface area contributed by atoms with E-state index in [-0.39, 0.29) is 11.7 Å². The van der Waals surface area contributed by atoms with Gasteiger partial charge < -0.3 is 15.1 Å². The molecule has 1 atom stereocenters. The predicted octanol–water partition coefficient (Wildman–Crippen LogP) is 5.16. The van der Waals surface area contributed by atoms with Crippen LogP contribution in [-0.2, 0) is 0 Å². The van der Waals surface area contributed by atoms with Crippen molar-refractivity contribution in [1.29, 1.82) is 0 Å². The number of benzene rings is 1. The summed E-state index contributed by atoms with van der Waals surface area (Å²) in [6, 6.07) is 9.71. The Balaban J connectivity index is 1.73. The van der Waals surface area contributed by atoms with Crippen molar-refractivity contribution in [3.63, 3.8) is 0 Å². The molecule has 1 aromatic carbocycles. The van der Waals surface area contributed by atoms with Crippen LogP contribution in [-0.4, -0.2) is 5.91 Å². The quantitative estimate of drug-likeness (QED) is 0.748. The van der Waals surface area contributed by atoms with Crippen LogP contribution in [0.25, 0.3) is 5.57 Å². The summed E-state index contributed by atoms with van der Waals surface area (Å²) in [5.41, 5.74) is 3.97. The van der Waals surface area contributed by atoms with Crippen molar-refractivity contribution < 1.29 is 9.21 Å². The van der Waals surface area contributed by atoms with Gasteiger partial charge in [0, 0.05) is 16.9 Å². The fourth-order valence-electron chi connectivity index (χ4n) is 2.67. The average molecular weight is 320 g/mol. The van der Waals surface area contributed by atoms with Crippen LogP contribution < -0.4 is 10.6 Å². The minimum absolute atomic E-state index is 0.267. The highest BCUT2D eigenvalue weighted by atomic mass is 16.3. The summed E-state index contributed by atoms with van der Waals surface area (Å²) in [6.45, 7) is 7.67. The van der Waals surface area contributed by atoms with Gasteiger partial charge in [0.05, 0.1) is 6.04 Å². The number of carbonyl (C=O) groups is 1. The first-order valence-electron chi connectivity index (χ1n) is 7.90. The number of anilines is 2. The summed E-state index contributed by atoms with van der Waals surface area (Å²) in [7, 11) is 0. The highest BCUT2D eigenvalue weighted by Gasteiger charge is 2.21. The van der Waals surface area contributed by atoms with E-state index in [9.17, 15) is 4.79 Å². The van der Waals surface area contributed by atoms with Gasteiger partial charge in [-0.3, -0.25) is 4.79 Å². The third-order valence-corrected chi connectivity index (χ3v) is 3.99. The van der Waals surface area contributed by atoms with Crippen LogP contribution in [0, 0.1) is 0 Å². The fraction of sp³-hybridized carbons (Fsp3) is 0.150. The molecule has 1 aliphatic heterocycles. The van der Waals surface area contributed by atoms with Crippen molar-refractivity contribution in [2.45, 2.75) is 19.9 Å². The molecule has 122 valence electrons. The van der Waals surface area contributed by atoms with E-state index in [4.69, 9.17) is 4.42 Å². The van der Waals surface area contributed by atoms with Crippen molar-refractivity contribution in [2.75, 3.05) is 10.6 Å². The van der Waals surface area contributed by atoms with E-state index in [0.717, 1.165) is 16.9 Å². The summed E-state index contributed by atoms with van der Waals surface area (Å²) in [5.74, 6) is 0.658. The zero-order valence-corrected chi connectivity index (χ0v) is 13.8. The molecule has 24 heavy (non-hydrogen) atoms. The van der Waals surface area contributed by atoms with E-state index in [1.807, 2.05) is 43.4 Å². The molecule has 1 unspecified atom stereocenters. The lowest BCUT2D eigenvalue weighted by Crippen LogP contribution is -2.20. The van der Waals surface area contributed by atoms with Crippen molar-refractivity contribution in [2.24, 2.45) is 0 Å². The maximum absolute atomic E-state index is 12.4. The second-order valence-electron chi connectivity index (χ2n) is 5.62. The summed E-state index contributed by atoms with van der Waals surface area (Å²) < 4.78 is 5.67. The molecule has 0 aliphatic carbocycles. The minimum atomic E-state index is -0.267. The van der Waals surface area contributed by atoms with Gasteiger partial charge in [-0.2, -0.15) is 0 Å². The smallest absolute Gasteiger partial charge is 0.291 e. The zero-order valence-electron chi connectivity index (χ0n) is 13.8. The number of hydrogen-bond acceptors (Lipinski definition) is 3. The molecule has 0 saturated heterocycles. The number of carbonyl (C=O) groups excluding carboxylic acids is 1. The summed E-state index contributed by atoms with van der Waals surface area (Å²) in [5, 5.41) is 6.15. The first-order valence-corrected chi connectivity index (χ1v) is 7.90. The Kier molecular flexibility index (Phi) is 4.38. The third-order valence-electron chi connectivity index (χ3n) is 3.99. The van der Waals surface area contributed by atoms with Gasteiger partial charge in [0.25, 0.3) is 5.91 Å². The molecule has 2 N–H and O–H groups in total. The highest BCUT2D eigenvalue weighted by Crippen LogP contribution is 2.37. The number of fused-ring (bicyclic) bond motifs is 1. The maximum atomic E-state index is 12.4. The lowest BCUT2D eigenvalue weighted by Gasteiger charge is -2.30. The Hall–Kier alpha value is -3.01. The SMILES string of the molecule is C=C/C=C\C(=C/C)c1ccc(C(=O)Nc2ccc3c(c2)NC3C)o1. The Morgan fingerprint density at radius 2 is 2.08 bits per heavy atom. The molecule has 1 amide bonds. The molecule has 4 nitrogen and oxygen atoms in total. The number of allylic oxidation sites excluding steroid dienone is 5. The molecule has 2 aromatic rings. The largest absolute Gasteiger partial charge is 0.451 e. The van der Waals surface area contributed by atoms with Crippen LogP contribution in [0.2, 0.25) is 0 Å². The number of nitrogens with one attached hydrogen (secondary N) is 2. The zero-order chi connectivity index (χ0) is 17.1. The van der Waals surface area contributed by atoms with Gasteiger partial charge >= 0.3 is 0 Å². The van der Waals surface area contributed by atoms with Gasteiger partial charge in [-0.25, -0.2) is 0 Å². The van der Waals surface area contributed by atoms with Crippen molar-refractivity contribution in [3.05, 3.63) is 78.3 Å².